The van der Waals surface area contributed by atoms with Gasteiger partial charge < -0.3 is 10.1 Å². The molecule has 1 heterocycles. The van der Waals surface area contributed by atoms with Crippen molar-refractivity contribution in [3.05, 3.63) is 16.6 Å². The van der Waals surface area contributed by atoms with Gasteiger partial charge in [-0.25, -0.2) is 9.97 Å². The molecule has 0 aliphatic heterocycles. The molecule has 7 heteroatoms. The largest absolute Gasteiger partial charge is 0.378 e. The quantitative estimate of drug-likeness (QED) is 0.850. The van der Waals surface area contributed by atoms with E-state index in [2.05, 4.69) is 15.3 Å². The molecule has 2 rings (SSSR count). The van der Waals surface area contributed by atoms with E-state index in [0.29, 0.717) is 18.4 Å². The molecule has 1 fully saturated rings. The molecule has 5 nitrogen and oxygen atoms in total. The lowest BCUT2D eigenvalue weighted by Gasteiger charge is -2.34. The minimum Gasteiger partial charge on any atom is -0.378 e. The third-order valence-electron chi connectivity index (χ3n) is 3.09. The van der Waals surface area contributed by atoms with Crippen molar-refractivity contribution in [3.63, 3.8) is 0 Å². The van der Waals surface area contributed by atoms with Gasteiger partial charge in [-0.3, -0.25) is 4.79 Å². The second kappa shape index (κ2) is 6.50. The number of halogens is 2. The van der Waals surface area contributed by atoms with E-state index in [4.69, 9.17) is 27.9 Å². The monoisotopic (exact) mass is 303 g/mol. The summed E-state index contributed by atoms with van der Waals surface area (Å²) < 4.78 is 5.45. The van der Waals surface area contributed by atoms with Crippen molar-refractivity contribution >= 4 is 34.8 Å². The van der Waals surface area contributed by atoms with Gasteiger partial charge in [0.05, 0.1) is 6.10 Å². The van der Waals surface area contributed by atoms with E-state index >= 15 is 0 Å². The Morgan fingerprint density at radius 1 is 1.42 bits per heavy atom. The van der Waals surface area contributed by atoms with Crippen LogP contribution in [0.2, 0.25) is 10.3 Å². The lowest BCUT2D eigenvalue weighted by Crippen LogP contribution is -2.34. The van der Waals surface area contributed by atoms with E-state index in [9.17, 15) is 4.79 Å². The minimum atomic E-state index is -0.126. The fourth-order valence-corrected chi connectivity index (χ4v) is 2.52. The number of carbonyl (C=O) groups is 1. The Morgan fingerprint density at radius 3 is 2.63 bits per heavy atom. The summed E-state index contributed by atoms with van der Waals surface area (Å²) >= 11 is 11.7. The van der Waals surface area contributed by atoms with Crippen LogP contribution in [0.5, 0.6) is 0 Å². The minimum absolute atomic E-state index is 0.126. The van der Waals surface area contributed by atoms with Crippen LogP contribution in [0.1, 0.15) is 26.2 Å². The van der Waals surface area contributed by atoms with Crippen molar-refractivity contribution in [2.24, 2.45) is 5.92 Å². The molecule has 0 aromatic carbocycles. The number of carbonyl (C=O) groups excluding carboxylic acids is 1. The van der Waals surface area contributed by atoms with Gasteiger partial charge in [0, 0.05) is 13.0 Å². The summed E-state index contributed by atoms with van der Waals surface area (Å²) in [7, 11) is 0. The fourth-order valence-electron chi connectivity index (χ4n) is 2.11. The Kier molecular flexibility index (Phi) is 4.96. The van der Waals surface area contributed by atoms with Crippen molar-refractivity contribution < 1.29 is 9.53 Å². The third-order valence-corrected chi connectivity index (χ3v) is 3.66. The number of hydrogen-bond donors (Lipinski definition) is 1. The maximum atomic E-state index is 11.9. The summed E-state index contributed by atoms with van der Waals surface area (Å²) in [5.74, 6) is 0.234. The van der Waals surface area contributed by atoms with Crippen LogP contribution in [0, 0.1) is 5.92 Å². The molecule has 1 aromatic rings. The Hall–Kier alpha value is -0.910. The molecular weight excluding hydrogens is 289 g/mol. The Bertz CT molecular complexity index is 444. The molecule has 1 amide bonds. The Morgan fingerprint density at radius 2 is 2.05 bits per heavy atom. The summed E-state index contributed by atoms with van der Waals surface area (Å²) in [6.07, 6.45) is 3.83. The summed E-state index contributed by atoms with van der Waals surface area (Å²) in [5.41, 5.74) is 0.275. The molecule has 1 N–H and O–H groups in total. The molecule has 0 spiro atoms. The highest BCUT2D eigenvalue weighted by molar-refractivity contribution is 6.38. The van der Waals surface area contributed by atoms with E-state index in [1.54, 1.807) is 0 Å². The van der Waals surface area contributed by atoms with Gasteiger partial charge in [0.2, 0.25) is 5.91 Å². The van der Waals surface area contributed by atoms with Crippen LogP contribution in [-0.4, -0.2) is 28.6 Å². The first kappa shape index (κ1) is 14.5. The number of nitrogens with zero attached hydrogens (tertiary/aromatic N) is 2. The first-order valence-electron chi connectivity index (χ1n) is 6.17. The number of aromatic nitrogens is 2. The first-order chi connectivity index (χ1) is 9.10. The summed E-state index contributed by atoms with van der Waals surface area (Å²) in [6.45, 7) is 2.69. The van der Waals surface area contributed by atoms with Gasteiger partial charge in [-0.1, -0.05) is 23.2 Å². The van der Waals surface area contributed by atoms with Gasteiger partial charge in [-0.2, -0.15) is 0 Å². The molecule has 104 valence electrons. The maximum Gasteiger partial charge on any atom is 0.224 e. The smallest absolute Gasteiger partial charge is 0.224 e. The molecular formula is C12H15Cl2N3O2. The average Bonchev–Trinajstić information content (AvgIpc) is 2.31. The van der Waals surface area contributed by atoms with Crippen molar-refractivity contribution in [2.45, 2.75) is 32.3 Å². The van der Waals surface area contributed by atoms with Crippen LogP contribution < -0.4 is 5.32 Å². The Labute approximate surface area is 121 Å². The predicted octanol–water partition coefficient (Wildman–Crippen LogP) is 2.93. The first-order valence-corrected chi connectivity index (χ1v) is 6.93. The van der Waals surface area contributed by atoms with Crippen LogP contribution >= 0.6 is 23.2 Å². The summed E-state index contributed by atoms with van der Waals surface area (Å²) in [6, 6.07) is 0. The molecule has 0 unspecified atom stereocenters. The standard InChI is InChI=1S/C12H15Cl2N3O2/c1-2-19-8-3-7(4-8)5-9(18)17-10-11(13)15-6-16-12(10)14/h6-8H,2-5H2,1H3,(H,17,18). The Balaban J connectivity index is 1.82. The number of hydrogen-bond acceptors (Lipinski definition) is 4. The zero-order valence-electron chi connectivity index (χ0n) is 10.5. The molecule has 0 radical (unpaired) electrons. The molecule has 0 saturated heterocycles. The van der Waals surface area contributed by atoms with E-state index in [1.807, 2.05) is 6.92 Å². The second-order valence-corrected chi connectivity index (χ2v) is 5.21. The van der Waals surface area contributed by atoms with E-state index < -0.39 is 0 Å². The molecule has 1 aromatic heterocycles. The lowest BCUT2D eigenvalue weighted by molar-refractivity contribution is -0.119. The van der Waals surface area contributed by atoms with Gasteiger partial charge in [0.1, 0.15) is 12.0 Å². The molecule has 0 atom stereocenters. The normalized spacial score (nSPS) is 21.8. The van der Waals surface area contributed by atoms with Gasteiger partial charge >= 0.3 is 0 Å². The van der Waals surface area contributed by atoms with E-state index in [1.165, 1.54) is 6.33 Å². The topological polar surface area (TPSA) is 64.1 Å². The molecule has 19 heavy (non-hydrogen) atoms. The number of rotatable bonds is 5. The zero-order chi connectivity index (χ0) is 13.8. The van der Waals surface area contributed by atoms with Crippen LogP contribution in [0.3, 0.4) is 0 Å². The van der Waals surface area contributed by atoms with Gasteiger partial charge in [-0.05, 0) is 25.7 Å². The van der Waals surface area contributed by atoms with Crippen molar-refractivity contribution in [1.82, 2.24) is 9.97 Å². The van der Waals surface area contributed by atoms with E-state index in [-0.39, 0.29) is 21.9 Å². The highest BCUT2D eigenvalue weighted by Gasteiger charge is 2.31. The molecule has 0 bridgehead atoms. The van der Waals surface area contributed by atoms with Crippen LogP contribution in [0.15, 0.2) is 6.33 Å². The predicted molar refractivity (Wildman–Crippen MR) is 73.4 cm³/mol. The van der Waals surface area contributed by atoms with E-state index in [0.717, 1.165) is 19.4 Å². The summed E-state index contributed by atoms with van der Waals surface area (Å²) in [5, 5.41) is 2.95. The van der Waals surface area contributed by atoms with Crippen molar-refractivity contribution in [2.75, 3.05) is 11.9 Å². The van der Waals surface area contributed by atoms with Crippen molar-refractivity contribution in [1.29, 1.82) is 0 Å². The SMILES string of the molecule is CCOC1CC(CC(=O)Nc2c(Cl)ncnc2Cl)C1. The summed E-state index contributed by atoms with van der Waals surface area (Å²) in [4.78, 5) is 19.4. The number of nitrogens with one attached hydrogen (secondary N) is 1. The van der Waals surface area contributed by atoms with Crippen LogP contribution in [0.25, 0.3) is 0 Å². The zero-order valence-corrected chi connectivity index (χ0v) is 12.0. The van der Waals surface area contributed by atoms with Gasteiger partial charge in [0.15, 0.2) is 10.3 Å². The number of amides is 1. The average molecular weight is 304 g/mol. The molecule has 1 aliphatic rings. The highest BCUT2D eigenvalue weighted by Crippen LogP contribution is 2.33. The van der Waals surface area contributed by atoms with Crippen LogP contribution in [0.4, 0.5) is 5.69 Å². The fraction of sp³-hybridized carbons (Fsp3) is 0.583. The van der Waals surface area contributed by atoms with Crippen LogP contribution in [-0.2, 0) is 9.53 Å². The molecule has 1 aliphatic carbocycles. The maximum absolute atomic E-state index is 11.9. The number of anilines is 1. The third kappa shape index (κ3) is 3.78. The van der Waals surface area contributed by atoms with Gasteiger partial charge in [-0.15, -0.1) is 0 Å². The highest BCUT2D eigenvalue weighted by atomic mass is 35.5. The second-order valence-electron chi connectivity index (χ2n) is 4.50. The lowest BCUT2D eigenvalue weighted by atomic mass is 9.80. The van der Waals surface area contributed by atoms with Gasteiger partial charge in [0.25, 0.3) is 0 Å². The molecule has 1 saturated carbocycles. The van der Waals surface area contributed by atoms with Crippen molar-refractivity contribution in [3.8, 4) is 0 Å². The number of ether oxygens (including phenoxy) is 1.